The zero-order chi connectivity index (χ0) is 31.0. The molecule has 2 saturated carbocycles. The molecule has 228 valence electrons. The molecule has 0 bridgehead atoms. The van der Waals surface area contributed by atoms with E-state index in [0.29, 0.717) is 23.5 Å². The number of furan rings is 1. The van der Waals surface area contributed by atoms with Crippen LogP contribution < -0.4 is 5.73 Å². The monoisotopic (exact) mass is 591 g/mol. The summed E-state index contributed by atoms with van der Waals surface area (Å²) in [6.07, 6.45) is 5.73. The number of nitrogens with two attached hydrogens (primary N) is 1. The number of carbonyl (C=O) groups excluding carboxylic acids is 5. The van der Waals surface area contributed by atoms with Crippen LogP contribution in [0.5, 0.6) is 5.75 Å². The Labute approximate surface area is 249 Å². The Kier molecular flexibility index (Phi) is 7.18. The van der Waals surface area contributed by atoms with Gasteiger partial charge in [0.1, 0.15) is 5.75 Å². The molecule has 2 aromatic rings. The maximum atomic E-state index is 14.3. The van der Waals surface area contributed by atoms with Crippen molar-refractivity contribution >= 4 is 29.0 Å². The second-order valence-corrected chi connectivity index (χ2v) is 13.0. The summed E-state index contributed by atoms with van der Waals surface area (Å²) in [7, 11) is 5.20. The second kappa shape index (κ2) is 10.5. The van der Waals surface area contributed by atoms with E-state index in [-0.39, 0.29) is 24.2 Å². The molecule has 11 nitrogen and oxygen atoms in total. The molecule has 43 heavy (non-hydrogen) atoms. The third kappa shape index (κ3) is 4.39. The number of phenols is 1. The van der Waals surface area contributed by atoms with Gasteiger partial charge in [-0.2, -0.15) is 0 Å². The number of aromatic hydroxyl groups is 1. The zero-order valence-electron chi connectivity index (χ0n) is 24.5. The fraction of sp³-hybridized carbons (Fsp3) is 0.531. The second-order valence-electron chi connectivity index (χ2n) is 13.0. The van der Waals surface area contributed by atoms with E-state index in [1.807, 2.05) is 6.07 Å². The van der Waals surface area contributed by atoms with E-state index in [2.05, 4.69) is 11.9 Å². The highest BCUT2D eigenvalue weighted by Crippen LogP contribution is 2.52. The fourth-order valence-electron chi connectivity index (χ4n) is 8.14. The van der Waals surface area contributed by atoms with Gasteiger partial charge in [0, 0.05) is 11.5 Å². The van der Waals surface area contributed by atoms with Crippen LogP contribution in [0.15, 0.2) is 29.1 Å². The maximum absolute atomic E-state index is 14.3. The molecule has 2 unspecified atom stereocenters. The molecular weight excluding hydrogens is 554 g/mol. The lowest BCUT2D eigenvalue weighted by atomic mass is 9.52. The van der Waals surface area contributed by atoms with E-state index < -0.39 is 64.4 Å². The number of carbonyl (C=O) groups is 5. The molecule has 11 heteroatoms. The van der Waals surface area contributed by atoms with Gasteiger partial charge >= 0.3 is 0 Å². The summed E-state index contributed by atoms with van der Waals surface area (Å²) < 4.78 is 5.36. The Balaban J connectivity index is 1.46. The van der Waals surface area contributed by atoms with Crippen molar-refractivity contribution in [1.82, 2.24) is 9.80 Å². The van der Waals surface area contributed by atoms with Crippen molar-refractivity contribution in [3.8, 4) is 16.9 Å². The van der Waals surface area contributed by atoms with Crippen molar-refractivity contribution in [2.24, 2.45) is 35.3 Å². The number of primary amides is 1. The van der Waals surface area contributed by atoms with Gasteiger partial charge in [0.2, 0.25) is 5.91 Å². The van der Waals surface area contributed by atoms with Gasteiger partial charge in [0.15, 0.2) is 34.7 Å². The molecule has 1 amide bonds. The molecule has 3 aliphatic carbocycles. The molecule has 1 aliphatic heterocycles. The predicted octanol–water partition coefficient (Wildman–Crippen LogP) is 1.01. The Morgan fingerprint density at radius 2 is 1.86 bits per heavy atom. The van der Waals surface area contributed by atoms with Gasteiger partial charge in [-0.25, -0.2) is 0 Å². The minimum absolute atomic E-state index is 0.00677. The van der Waals surface area contributed by atoms with Crippen molar-refractivity contribution < 1.29 is 38.6 Å². The predicted molar refractivity (Wildman–Crippen MR) is 153 cm³/mol. The molecule has 1 aromatic carbocycles. The van der Waals surface area contributed by atoms with Crippen LogP contribution in [0.4, 0.5) is 0 Å². The molecular formula is C32H37N3O8. The zero-order valence-corrected chi connectivity index (χ0v) is 24.5. The minimum atomic E-state index is -2.74. The lowest BCUT2D eigenvalue weighted by Gasteiger charge is -2.52. The van der Waals surface area contributed by atoms with E-state index in [1.165, 1.54) is 11.2 Å². The lowest BCUT2D eigenvalue weighted by Crippen LogP contribution is -2.74. The number of piperidine rings is 1. The quantitative estimate of drug-likeness (QED) is 0.426. The molecule has 3 fully saturated rings. The van der Waals surface area contributed by atoms with Crippen molar-refractivity contribution in [3.05, 3.63) is 41.3 Å². The van der Waals surface area contributed by atoms with Crippen LogP contribution in [0.1, 0.15) is 40.7 Å². The number of hydrogen-bond donors (Lipinski definition) is 3. The number of Topliss-reactive ketones (excluding diaryl/α,β-unsaturated/α-hetero) is 4. The first-order chi connectivity index (χ1) is 20.4. The number of fused-ring (bicyclic) bond motifs is 3. The summed E-state index contributed by atoms with van der Waals surface area (Å²) in [6.45, 7) is 1.86. The third-order valence-corrected chi connectivity index (χ3v) is 10.3. The van der Waals surface area contributed by atoms with Gasteiger partial charge < -0.3 is 25.3 Å². The Bertz CT molecular complexity index is 1520. The number of amides is 1. The van der Waals surface area contributed by atoms with E-state index in [1.54, 1.807) is 26.4 Å². The van der Waals surface area contributed by atoms with Crippen LogP contribution in [0.25, 0.3) is 11.1 Å². The van der Waals surface area contributed by atoms with E-state index >= 15 is 0 Å². The summed E-state index contributed by atoms with van der Waals surface area (Å²) >= 11 is 0. The third-order valence-electron chi connectivity index (χ3n) is 10.3. The number of ketones is 4. The standard InChI is InChI=1S/C32H37N3O8/c1-34(2)25-21-13-17-11-20-19(16-6-9-43-14-16)12-18(10-15-4-7-35(3)8-5-15)26(36)23(20)27(37)22(17)29(39)32(21,42)30(40)24(28(25)38)31(33)41/h6,9,12,14-15,17,21-22,24-25,36,42H,4-5,7-8,10-11,13H2,1-3H3,(H2,33,41)/t17-,21-,22?,24?,25-,32-/m1/s1. The van der Waals surface area contributed by atoms with Crippen LogP contribution in [0.2, 0.25) is 0 Å². The minimum Gasteiger partial charge on any atom is -0.507 e. The normalized spacial score (nSPS) is 31.6. The molecule has 1 aromatic heterocycles. The molecule has 1 saturated heterocycles. The van der Waals surface area contributed by atoms with E-state index in [4.69, 9.17) is 10.2 Å². The first-order valence-electron chi connectivity index (χ1n) is 14.8. The van der Waals surface area contributed by atoms with Crippen LogP contribution in [0.3, 0.4) is 0 Å². The number of benzene rings is 1. The molecule has 6 atom stereocenters. The van der Waals surface area contributed by atoms with Gasteiger partial charge in [0.05, 0.1) is 30.0 Å². The van der Waals surface area contributed by atoms with Gasteiger partial charge in [-0.1, -0.05) is 0 Å². The number of nitrogens with zero attached hydrogens (tertiary/aromatic N) is 2. The molecule has 4 aliphatic rings. The summed E-state index contributed by atoms with van der Waals surface area (Å²) in [5.41, 5.74) is 5.30. The molecule has 2 heterocycles. The first-order valence-corrected chi connectivity index (χ1v) is 14.8. The van der Waals surface area contributed by atoms with Crippen LogP contribution in [-0.4, -0.2) is 94.9 Å². The van der Waals surface area contributed by atoms with Crippen LogP contribution in [-0.2, 0) is 32.0 Å². The van der Waals surface area contributed by atoms with Gasteiger partial charge in [-0.05, 0) is 107 Å². The fourth-order valence-corrected chi connectivity index (χ4v) is 8.14. The van der Waals surface area contributed by atoms with E-state index in [9.17, 15) is 34.2 Å². The average molecular weight is 592 g/mol. The molecule has 6 rings (SSSR count). The number of rotatable bonds is 5. The Morgan fingerprint density at radius 1 is 1.16 bits per heavy atom. The summed E-state index contributed by atoms with van der Waals surface area (Å²) in [6, 6.07) is 2.54. The Hall–Kier alpha value is -3.67. The first kappa shape index (κ1) is 29.4. The maximum Gasteiger partial charge on any atom is 0.235 e. The number of likely N-dealkylation sites (tertiary alicyclic amines) is 1. The molecule has 4 N–H and O–H groups in total. The highest BCUT2D eigenvalue weighted by Gasteiger charge is 2.69. The topological polar surface area (TPSA) is 171 Å². The van der Waals surface area contributed by atoms with E-state index in [0.717, 1.165) is 37.1 Å². The van der Waals surface area contributed by atoms with Gasteiger partial charge in [-0.3, -0.25) is 28.9 Å². The van der Waals surface area contributed by atoms with Crippen molar-refractivity contribution in [2.75, 3.05) is 34.2 Å². The molecule has 0 radical (unpaired) electrons. The summed E-state index contributed by atoms with van der Waals surface area (Å²) in [5.74, 6) is -10.1. The van der Waals surface area contributed by atoms with Gasteiger partial charge in [0.25, 0.3) is 0 Å². The van der Waals surface area contributed by atoms with Gasteiger partial charge in [-0.15, -0.1) is 0 Å². The Morgan fingerprint density at radius 3 is 2.47 bits per heavy atom. The van der Waals surface area contributed by atoms with Crippen molar-refractivity contribution in [2.45, 2.75) is 43.7 Å². The average Bonchev–Trinajstić information content (AvgIpc) is 3.48. The summed E-state index contributed by atoms with van der Waals surface area (Å²) in [4.78, 5) is 71.3. The van der Waals surface area contributed by atoms with Crippen LogP contribution >= 0.6 is 0 Å². The highest BCUT2D eigenvalue weighted by molar-refractivity contribution is 6.32. The number of phenolic OH excluding ortho intramolecular Hbond substituents is 1. The smallest absolute Gasteiger partial charge is 0.235 e. The molecule has 0 spiro atoms. The SMILES string of the molecule is CN1CCC(Cc2cc(-c3ccoc3)c3c(c2O)C(=O)C2C(=O)[C@@]4(O)C(=O)C(C(N)=O)C(=O)[C@H](N(C)C)[C@H]4C[C@H]2C3)CC1. The number of likely N-dealkylation sites (N-methyl/N-ethyl adjacent to an activating group) is 1. The lowest BCUT2D eigenvalue weighted by molar-refractivity contribution is -0.181. The summed E-state index contributed by atoms with van der Waals surface area (Å²) in [5, 5.41) is 23.4. The largest absolute Gasteiger partial charge is 0.507 e. The van der Waals surface area contributed by atoms with Crippen LogP contribution in [0, 0.1) is 29.6 Å². The highest BCUT2D eigenvalue weighted by atomic mass is 16.3. The van der Waals surface area contributed by atoms with Crippen molar-refractivity contribution in [3.63, 3.8) is 0 Å². The number of aliphatic hydroxyl groups is 1. The number of hydrogen-bond acceptors (Lipinski definition) is 10. The van der Waals surface area contributed by atoms with Crippen molar-refractivity contribution in [1.29, 1.82) is 0 Å².